The minimum atomic E-state index is -1.06. The summed E-state index contributed by atoms with van der Waals surface area (Å²) < 4.78 is 1.73. The van der Waals surface area contributed by atoms with Gasteiger partial charge in [-0.3, -0.25) is 9.36 Å². The fourth-order valence-electron chi connectivity index (χ4n) is 3.44. The first-order chi connectivity index (χ1) is 15.0. The average Bonchev–Trinajstić information content (AvgIpc) is 3.09. The van der Waals surface area contributed by atoms with Gasteiger partial charge in [0.2, 0.25) is 5.88 Å². The molecule has 4 rings (SSSR count). The molecule has 154 valence electrons. The lowest BCUT2D eigenvalue weighted by Crippen LogP contribution is -2.19. The maximum atomic E-state index is 12.4. The molecule has 1 aromatic heterocycles. The summed E-state index contributed by atoms with van der Waals surface area (Å²) in [5.74, 6) is -1.53. The summed E-state index contributed by atoms with van der Waals surface area (Å²) in [6.07, 6.45) is 0. The first kappa shape index (κ1) is 19.9. The quantitative estimate of drug-likeness (QED) is 0.337. The van der Waals surface area contributed by atoms with E-state index in [1.54, 1.807) is 11.5 Å². The predicted octanol–water partition coefficient (Wildman–Crippen LogP) is 4.19. The number of carbonyl (C=O) groups excluding carboxylic acids is 1. The highest BCUT2D eigenvalue weighted by Crippen LogP contribution is 2.34. The number of carbonyl (C=O) groups is 2. The van der Waals surface area contributed by atoms with Crippen molar-refractivity contribution in [2.45, 2.75) is 6.92 Å². The summed E-state index contributed by atoms with van der Waals surface area (Å²) in [5, 5.41) is 25.0. The summed E-state index contributed by atoms with van der Waals surface area (Å²) in [7, 11) is 0. The van der Waals surface area contributed by atoms with Crippen molar-refractivity contribution in [1.29, 1.82) is 0 Å². The van der Waals surface area contributed by atoms with Gasteiger partial charge in [0.1, 0.15) is 0 Å². The summed E-state index contributed by atoms with van der Waals surface area (Å²) in [4.78, 5) is 23.4. The standard InChI is InChI=1S/C24H19N3O4/c1-15(25-26-22(28)16-11-13-17(14-12-16)24(30)31)21-19-9-5-6-10-20(19)27(23(21)29)18-7-3-2-4-8-18/h2-14,29H,1H3,(H,26,28)(H,30,31). The lowest BCUT2D eigenvalue weighted by molar-refractivity contribution is 0.0696. The van der Waals surface area contributed by atoms with Crippen LogP contribution < -0.4 is 5.43 Å². The maximum absolute atomic E-state index is 12.4. The van der Waals surface area contributed by atoms with Crippen LogP contribution in [0.15, 0.2) is 84.0 Å². The Bertz CT molecular complexity index is 1310. The summed E-state index contributed by atoms with van der Waals surface area (Å²) in [5.41, 5.74) is 5.40. The smallest absolute Gasteiger partial charge is 0.335 e. The number of aromatic carboxylic acids is 1. The number of benzene rings is 3. The molecule has 0 unspecified atom stereocenters. The zero-order valence-corrected chi connectivity index (χ0v) is 16.6. The van der Waals surface area contributed by atoms with Crippen LogP contribution in [0.4, 0.5) is 0 Å². The topological polar surface area (TPSA) is 104 Å². The third-order valence-corrected chi connectivity index (χ3v) is 4.95. The molecule has 0 radical (unpaired) electrons. The van der Waals surface area contributed by atoms with E-state index in [1.165, 1.54) is 24.3 Å². The Kier molecular flexibility index (Phi) is 5.24. The Morgan fingerprint density at radius 1 is 0.871 bits per heavy atom. The molecule has 0 saturated carbocycles. The minimum Gasteiger partial charge on any atom is -0.494 e. The normalized spacial score (nSPS) is 11.5. The van der Waals surface area contributed by atoms with Crippen molar-refractivity contribution in [3.05, 3.63) is 95.6 Å². The second kappa shape index (κ2) is 8.16. The second-order valence-corrected chi connectivity index (χ2v) is 6.91. The second-order valence-electron chi connectivity index (χ2n) is 6.91. The van der Waals surface area contributed by atoms with E-state index in [4.69, 9.17) is 5.11 Å². The van der Waals surface area contributed by atoms with Gasteiger partial charge in [-0.05, 0) is 49.4 Å². The third-order valence-electron chi connectivity index (χ3n) is 4.95. The SMILES string of the molecule is CC(=NNC(=O)c1ccc(C(=O)O)cc1)c1c(O)n(-c2ccccc2)c2ccccc12. The van der Waals surface area contributed by atoms with Crippen LogP contribution in [-0.2, 0) is 0 Å². The monoisotopic (exact) mass is 413 g/mol. The number of carboxylic acids is 1. The Morgan fingerprint density at radius 2 is 1.48 bits per heavy atom. The van der Waals surface area contributed by atoms with Gasteiger partial charge in [0.25, 0.3) is 5.91 Å². The number of aromatic nitrogens is 1. The number of hydrogen-bond acceptors (Lipinski definition) is 4. The van der Waals surface area contributed by atoms with E-state index in [9.17, 15) is 14.7 Å². The number of hydrogen-bond donors (Lipinski definition) is 3. The number of aromatic hydroxyl groups is 1. The Morgan fingerprint density at radius 3 is 2.16 bits per heavy atom. The number of carboxylic acid groups (broad SMARTS) is 1. The number of amides is 1. The molecule has 0 aliphatic rings. The van der Waals surface area contributed by atoms with Crippen molar-refractivity contribution in [1.82, 2.24) is 9.99 Å². The van der Waals surface area contributed by atoms with E-state index in [0.29, 0.717) is 11.3 Å². The van der Waals surface area contributed by atoms with Crippen molar-refractivity contribution in [2.75, 3.05) is 0 Å². The molecule has 4 aromatic rings. The molecular weight excluding hydrogens is 394 g/mol. The minimum absolute atomic E-state index is 0.0220. The largest absolute Gasteiger partial charge is 0.494 e. The van der Waals surface area contributed by atoms with Crippen molar-refractivity contribution in [3.8, 4) is 11.6 Å². The molecule has 0 saturated heterocycles. The van der Waals surface area contributed by atoms with Crippen LogP contribution >= 0.6 is 0 Å². The van der Waals surface area contributed by atoms with Crippen LogP contribution in [0.1, 0.15) is 33.2 Å². The molecule has 0 aliphatic carbocycles. The zero-order chi connectivity index (χ0) is 22.0. The Labute approximate surface area is 177 Å². The molecule has 0 atom stereocenters. The van der Waals surface area contributed by atoms with Crippen molar-refractivity contribution >= 4 is 28.5 Å². The number of nitrogens with zero attached hydrogens (tertiary/aromatic N) is 2. The molecule has 3 N–H and O–H groups in total. The number of hydrazone groups is 1. The number of para-hydroxylation sites is 2. The highest BCUT2D eigenvalue weighted by atomic mass is 16.4. The highest BCUT2D eigenvalue weighted by molar-refractivity contribution is 6.13. The average molecular weight is 413 g/mol. The molecule has 1 amide bonds. The predicted molar refractivity (Wildman–Crippen MR) is 118 cm³/mol. The van der Waals surface area contributed by atoms with E-state index >= 15 is 0 Å². The van der Waals surface area contributed by atoms with Gasteiger partial charge in [-0.15, -0.1) is 0 Å². The van der Waals surface area contributed by atoms with Crippen molar-refractivity contribution in [3.63, 3.8) is 0 Å². The van der Waals surface area contributed by atoms with Crippen LogP contribution in [0.3, 0.4) is 0 Å². The van der Waals surface area contributed by atoms with Gasteiger partial charge in [0, 0.05) is 16.6 Å². The zero-order valence-electron chi connectivity index (χ0n) is 16.6. The van der Waals surface area contributed by atoms with Gasteiger partial charge in [0.05, 0.1) is 22.4 Å². The molecule has 0 fully saturated rings. The fourth-order valence-corrected chi connectivity index (χ4v) is 3.44. The number of fused-ring (bicyclic) bond motifs is 1. The van der Waals surface area contributed by atoms with E-state index in [0.717, 1.165) is 16.6 Å². The lowest BCUT2D eigenvalue weighted by atomic mass is 10.1. The van der Waals surface area contributed by atoms with Gasteiger partial charge in [-0.25, -0.2) is 10.2 Å². The summed E-state index contributed by atoms with van der Waals surface area (Å²) in [6, 6.07) is 22.6. The molecule has 3 aromatic carbocycles. The molecule has 0 aliphatic heterocycles. The van der Waals surface area contributed by atoms with Gasteiger partial charge in [-0.1, -0.05) is 36.4 Å². The number of nitrogens with one attached hydrogen (secondary N) is 1. The van der Waals surface area contributed by atoms with Gasteiger partial charge in [0.15, 0.2) is 0 Å². The van der Waals surface area contributed by atoms with Crippen LogP contribution in [-0.4, -0.2) is 32.4 Å². The maximum Gasteiger partial charge on any atom is 0.335 e. The van der Waals surface area contributed by atoms with Gasteiger partial charge in [-0.2, -0.15) is 5.10 Å². The molecule has 0 bridgehead atoms. The van der Waals surface area contributed by atoms with E-state index in [-0.39, 0.29) is 17.0 Å². The lowest BCUT2D eigenvalue weighted by Gasteiger charge is -2.07. The first-order valence-corrected chi connectivity index (χ1v) is 9.53. The Hall–Kier alpha value is -4.39. The molecule has 7 nitrogen and oxygen atoms in total. The van der Waals surface area contributed by atoms with Crippen molar-refractivity contribution in [2.24, 2.45) is 5.10 Å². The van der Waals surface area contributed by atoms with Gasteiger partial charge < -0.3 is 10.2 Å². The molecule has 1 heterocycles. The van der Waals surface area contributed by atoms with Crippen LogP contribution in [0.5, 0.6) is 5.88 Å². The van der Waals surface area contributed by atoms with E-state index in [2.05, 4.69) is 10.5 Å². The Balaban J connectivity index is 1.68. The molecule has 7 heteroatoms. The highest BCUT2D eigenvalue weighted by Gasteiger charge is 2.20. The van der Waals surface area contributed by atoms with Crippen LogP contribution in [0.25, 0.3) is 16.6 Å². The van der Waals surface area contributed by atoms with E-state index in [1.807, 2.05) is 54.6 Å². The van der Waals surface area contributed by atoms with Crippen LogP contribution in [0, 0.1) is 0 Å². The molecule has 31 heavy (non-hydrogen) atoms. The molecular formula is C24H19N3O4. The number of rotatable bonds is 5. The third kappa shape index (κ3) is 3.76. The fraction of sp³-hybridized carbons (Fsp3) is 0.0417. The van der Waals surface area contributed by atoms with Crippen molar-refractivity contribution < 1.29 is 19.8 Å². The van der Waals surface area contributed by atoms with E-state index < -0.39 is 11.9 Å². The van der Waals surface area contributed by atoms with Crippen LogP contribution in [0.2, 0.25) is 0 Å². The van der Waals surface area contributed by atoms with Gasteiger partial charge >= 0.3 is 5.97 Å². The summed E-state index contributed by atoms with van der Waals surface area (Å²) >= 11 is 0. The summed E-state index contributed by atoms with van der Waals surface area (Å²) in [6.45, 7) is 1.70. The first-order valence-electron chi connectivity index (χ1n) is 9.53. The molecule has 0 spiro atoms.